The number of ketones is 1. The van der Waals surface area contributed by atoms with Gasteiger partial charge in [-0.1, -0.05) is 30.3 Å². The van der Waals surface area contributed by atoms with E-state index >= 15 is 0 Å². The molecule has 0 radical (unpaired) electrons. The molecule has 0 saturated heterocycles. The molecule has 0 bridgehead atoms. The Labute approximate surface area is 150 Å². The number of carbonyl (C=O) groups excluding carboxylic acids is 1. The highest BCUT2D eigenvalue weighted by atomic mass is 32.1. The number of carbonyl (C=O) groups is 1. The fourth-order valence-electron chi connectivity index (χ4n) is 3.13. The highest BCUT2D eigenvalue weighted by Crippen LogP contribution is 2.40. The van der Waals surface area contributed by atoms with Crippen LogP contribution in [-0.2, 0) is 0 Å². The average molecular weight is 348 g/mol. The third-order valence-corrected chi connectivity index (χ3v) is 5.28. The molecule has 1 aliphatic rings. The van der Waals surface area contributed by atoms with Gasteiger partial charge in [-0.3, -0.25) is 4.79 Å². The first-order chi connectivity index (χ1) is 12.2. The lowest BCUT2D eigenvalue weighted by atomic mass is 9.85. The zero-order chi connectivity index (χ0) is 17.4. The largest absolute Gasteiger partial charge is 0.493 e. The summed E-state index contributed by atoms with van der Waals surface area (Å²) in [6, 6.07) is 15.5. The van der Waals surface area contributed by atoms with Gasteiger partial charge in [0.25, 0.3) is 0 Å². The van der Waals surface area contributed by atoms with Crippen molar-refractivity contribution in [3.05, 3.63) is 81.0 Å². The summed E-state index contributed by atoms with van der Waals surface area (Å²) in [7, 11) is 3.25. The lowest BCUT2D eigenvalue weighted by molar-refractivity contribution is 0.103. The molecule has 0 unspecified atom stereocenters. The Balaban J connectivity index is 1.91. The molecular weight excluding hydrogens is 332 g/mol. The first-order valence-corrected chi connectivity index (χ1v) is 8.76. The number of fused-ring (bicyclic) bond motifs is 2. The highest BCUT2D eigenvalue weighted by Gasteiger charge is 2.27. The van der Waals surface area contributed by atoms with E-state index in [-0.39, 0.29) is 5.78 Å². The number of methoxy groups -OCH3 is 2. The van der Waals surface area contributed by atoms with Crippen LogP contribution < -0.4 is 9.47 Å². The second kappa shape index (κ2) is 6.22. The summed E-state index contributed by atoms with van der Waals surface area (Å²) in [5.41, 5.74) is 4.55. The van der Waals surface area contributed by atoms with E-state index in [1.165, 1.54) is 0 Å². The second-order valence-electron chi connectivity index (χ2n) is 5.71. The molecule has 0 atom stereocenters. The fraction of sp³-hybridized carbons (Fsp3) is 0.0952. The van der Waals surface area contributed by atoms with Gasteiger partial charge in [-0.25, -0.2) is 0 Å². The summed E-state index contributed by atoms with van der Waals surface area (Å²) in [5, 5.41) is 1.97. The number of hydrogen-bond acceptors (Lipinski definition) is 4. The lowest BCUT2D eigenvalue weighted by Gasteiger charge is -2.18. The van der Waals surface area contributed by atoms with Crippen molar-refractivity contribution >= 4 is 28.8 Å². The zero-order valence-electron chi connectivity index (χ0n) is 13.9. The van der Waals surface area contributed by atoms with Gasteiger partial charge in [-0.2, -0.15) is 0 Å². The van der Waals surface area contributed by atoms with E-state index in [0.717, 1.165) is 32.7 Å². The minimum Gasteiger partial charge on any atom is -0.493 e. The molecule has 3 aromatic rings. The third-order valence-electron chi connectivity index (χ3n) is 4.33. The van der Waals surface area contributed by atoms with Crippen LogP contribution in [-0.4, -0.2) is 20.0 Å². The third kappa shape index (κ3) is 2.55. The van der Waals surface area contributed by atoms with Gasteiger partial charge in [0.2, 0.25) is 0 Å². The maximum Gasteiger partial charge on any atom is 0.195 e. The first-order valence-electron chi connectivity index (χ1n) is 7.88. The predicted molar refractivity (Wildman–Crippen MR) is 101 cm³/mol. The predicted octanol–water partition coefficient (Wildman–Crippen LogP) is 4.90. The molecule has 3 nitrogen and oxygen atoms in total. The molecule has 0 N–H and O–H groups in total. The molecule has 4 rings (SSSR count). The molecule has 1 aromatic heterocycles. The molecule has 4 heteroatoms. The summed E-state index contributed by atoms with van der Waals surface area (Å²) < 4.78 is 10.7. The standard InChI is InChI=1S/C21H16O3S/c1-23-18-8-7-13(12-19(18)24-2)11-17-14-5-3-4-6-15(14)20(22)16-9-10-25-21(16)17/h3-12H,1-2H3/b17-11-. The highest BCUT2D eigenvalue weighted by molar-refractivity contribution is 7.11. The molecule has 25 heavy (non-hydrogen) atoms. The van der Waals surface area contributed by atoms with Crippen LogP contribution in [0.3, 0.4) is 0 Å². The van der Waals surface area contributed by atoms with Gasteiger partial charge in [0.15, 0.2) is 17.3 Å². The topological polar surface area (TPSA) is 35.5 Å². The van der Waals surface area contributed by atoms with E-state index in [2.05, 4.69) is 6.08 Å². The van der Waals surface area contributed by atoms with Crippen molar-refractivity contribution in [3.8, 4) is 11.5 Å². The van der Waals surface area contributed by atoms with Crippen molar-refractivity contribution in [1.82, 2.24) is 0 Å². The molecule has 2 aromatic carbocycles. The Morgan fingerprint density at radius 1 is 0.880 bits per heavy atom. The average Bonchev–Trinajstić information content (AvgIpc) is 3.15. The van der Waals surface area contributed by atoms with E-state index in [1.807, 2.05) is 53.9 Å². The number of rotatable bonds is 3. The Kier molecular flexibility index (Phi) is 3.90. The van der Waals surface area contributed by atoms with E-state index in [1.54, 1.807) is 25.6 Å². The maximum atomic E-state index is 12.7. The molecule has 0 spiro atoms. The number of benzene rings is 2. The van der Waals surface area contributed by atoms with Crippen LogP contribution in [0.1, 0.15) is 31.9 Å². The molecule has 0 fully saturated rings. The van der Waals surface area contributed by atoms with E-state index < -0.39 is 0 Å². The second-order valence-corrected chi connectivity index (χ2v) is 6.63. The van der Waals surface area contributed by atoms with Crippen LogP contribution in [0.15, 0.2) is 53.9 Å². The van der Waals surface area contributed by atoms with Crippen LogP contribution >= 0.6 is 11.3 Å². The molecule has 124 valence electrons. The minimum atomic E-state index is 0.0938. The number of ether oxygens (including phenoxy) is 2. The van der Waals surface area contributed by atoms with Crippen molar-refractivity contribution in [2.45, 2.75) is 0 Å². The van der Waals surface area contributed by atoms with Gasteiger partial charge in [0.1, 0.15) is 0 Å². The number of thiophene rings is 1. The quantitative estimate of drug-likeness (QED) is 0.528. The Morgan fingerprint density at radius 3 is 2.40 bits per heavy atom. The smallest absolute Gasteiger partial charge is 0.195 e. The molecule has 0 saturated carbocycles. The van der Waals surface area contributed by atoms with Crippen LogP contribution in [0, 0.1) is 0 Å². The summed E-state index contributed by atoms with van der Waals surface area (Å²) in [6.07, 6.45) is 2.10. The summed E-state index contributed by atoms with van der Waals surface area (Å²) in [5.74, 6) is 1.47. The van der Waals surface area contributed by atoms with Gasteiger partial charge < -0.3 is 9.47 Å². The normalized spacial score (nSPS) is 14.2. The fourth-order valence-corrected chi connectivity index (χ4v) is 4.06. The van der Waals surface area contributed by atoms with Gasteiger partial charge >= 0.3 is 0 Å². The van der Waals surface area contributed by atoms with E-state index in [0.29, 0.717) is 11.5 Å². The van der Waals surface area contributed by atoms with Gasteiger partial charge in [-0.05, 0) is 40.8 Å². The molecule has 0 aliphatic heterocycles. The lowest BCUT2D eigenvalue weighted by Crippen LogP contribution is -2.11. The molecule has 0 amide bonds. The monoisotopic (exact) mass is 348 g/mol. The summed E-state index contributed by atoms with van der Waals surface area (Å²) >= 11 is 1.59. The van der Waals surface area contributed by atoms with Gasteiger partial charge in [-0.15, -0.1) is 11.3 Å². The molecular formula is C21H16O3S. The summed E-state index contributed by atoms with van der Waals surface area (Å²) in [4.78, 5) is 13.7. The Morgan fingerprint density at radius 2 is 1.64 bits per heavy atom. The SMILES string of the molecule is COc1ccc(/C=C2/c3ccccc3C(=O)c3ccsc32)cc1OC. The van der Waals surface area contributed by atoms with E-state index in [9.17, 15) is 4.79 Å². The van der Waals surface area contributed by atoms with Crippen molar-refractivity contribution < 1.29 is 14.3 Å². The molecule has 1 aliphatic carbocycles. The maximum absolute atomic E-state index is 12.7. The van der Waals surface area contributed by atoms with Crippen LogP contribution in [0.2, 0.25) is 0 Å². The van der Waals surface area contributed by atoms with Crippen LogP contribution in [0.4, 0.5) is 0 Å². The van der Waals surface area contributed by atoms with E-state index in [4.69, 9.17) is 9.47 Å². The Bertz CT molecular complexity index is 998. The van der Waals surface area contributed by atoms with Gasteiger partial charge in [0, 0.05) is 21.6 Å². The zero-order valence-corrected chi connectivity index (χ0v) is 14.7. The summed E-state index contributed by atoms with van der Waals surface area (Å²) in [6.45, 7) is 0. The van der Waals surface area contributed by atoms with Crippen molar-refractivity contribution in [3.63, 3.8) is 0 Å². The van der Waals surface area contributed by atoms with Crippen LogP contribution in [0.25, 0.3) is 11.6 Å². The van der Waals surface area contributed by atoms with Gasteiger partial charge in [0.05, 0.1) is 14.2 Å². The van der Waals surface area contributed by atoms with Crippen molar-refractivity contribution in [2.24, 2.45) is 0 Å². The Hall–Kier alpha value is -2.85. The number of hydrogen-bond donors (Lipinski definition) is 0. The van der Waals surface area contributed by atoms with Crippen LogP contribution in [0.5, 0.6) is 11.5 Å². The van der Waals surface area contributed by atoms with Crippen molar-refractivity contribution in [1.29, 1.82) is 0 Å². The molecule has 1 heterocycles. The van der Waals surface area contributed by atoms with Crippen molar-refractivity contribution in [2.75, 3.05) is 14.2 Å². The first kappa shape index (κ1) is 15.7. The minimum absolute atomic E-state index is 0.0938.